The summed E-state index contributed by atoms with van der Waals surface area (Å²) in [6.07, 6.45) is 0. The minimum atomic E-state index is 0. The first-order chi connectivity index (χ1) is 0. The van der Waals surface area contributed by atoms with Crippen LogP contribution in [-0.4, -0.2) is 32.9 Å². The molecule has 6 nitrogen and oxygen atoms in total. The van der Waals surface area contributed by atoms with Crippen LogP contribution in [-0.2, 0) is 0 Å². The normalized spacial score (nSPS) is 0. The van der Waals surface area contributed by atoms with Gasteiger partial charge < -0.3 is 32.9 Å². The molecule has 0 aliphatic rings. The molecule has 12 N–H and O–H groups in total. The number of hydrogen-bond acceptors (Lipinski definition) is 0. The standard InChI is InChI=1S/Na.6H2O/h;6*1H2/q+1;;;;;;. The van der Waals surface area contributed by atoms with E-state index < -0.39 is 0 Å². The van der Waals surface area contributed by atoms with E-state index in [0.29, 0.717) is 0 Å². The van der Waals surface area contributed by atoms with Crippen LogP contribution in [0.25, 0.3) is 0 Å². The van der Waals surface area contributed by atoms with Crippen LogP contribution in [0.4, 0.5) is 0 Å². The van der Waals surface area contributed by atoms with E-state index in [-0.39, 0.29) is 62.4 Å². The molecule has 0 heterocycles. The fourth-order valence-electron chi connectivity index (χ4n) is 0. The average Bonchev–Trinajstić information content (AvgIpc) is 0. The molecule has 0 radical (unpaired) electrons. The van der Waals surface area contributed by atoms with Crippen LogP contribution in [0.3, 0.4) is 0 Å². The topological polar surface area (TPSA) is 189 Å². The molecule has 0 fully saturated rings. The van der Waals surface area contributed by atoms with Gasteiger partial charge in [0.2, 0.25) is 0 Å². The Morgan fingerprint density at radius 3 is 0.286 bits per heavy atom. The number of hydrogen-bond donors (Lipinski definition) is 0. The summed E-state index contributed by atoms with van der Waals surface area (Å²) < 4.78 is 0. The molecule has 0 aromatic heterocycles. The summed E-state index contributed by atoms with van der Waals surface area (Å²) in [5.74, 6) is 0. The van der Waals surface area contributed by atoms with Crippen molar-refractivity contribution in [2.45, 2.75) is 0 Å². The van der Waals surface area contributed by atoms with Crippen LogP contribution < -0.4 is 29.6 Å². The first kappa shape index (κ1) is 614. The van der Waals surface area contributed by atoms with Gasteiger partial charge in [-0.1, -0.05) is 0 Å². The second-order valence-electron chi connectivity index (χ2n) is 0. The second kappa shape index (κ2) is 388. The molecular formula is H12NaO6+. The number of rotatable bonds is 0. The van der Waals surface area contributed by atoms with Gasteiger partial charge >= 0.3 is 29.6 Å². The minimum Gasteiger partial charge on any atom is -0.412 e. The van der Waals surface area contributed by atoms with Crippen molar-refractivity contribution >= 4 is 0 Å². The van der Waals surface area contributed by atoms with Crippen LogP contribution in [0.5, 0.6) is 0 Å². The van der Waals surface area contributed by atoms with Gasteiger partial charge in [-0.25, -0.2) is 0 Å². The molecule has 0 saturated heterocycles. The Morgan fingerprint density at radius 1 is 0.286 bits per heavy atom. The second-order valence-corrected chi connectivity index (χ2v) is 0. The van der Waals surface area contributed by atoms with Crippen molar-refractivity contribution in [2.24, 2.45) is 0 Å². The molecule has 0 spiro atoms. The Kier molecular flexibility index (Phi) is 34100. The maximum Gasteiger partial charge on any atom is 1.00 e. The maximum atomic E-state index is 0. The Balaban J connectivity index is 0. The Labute approximate surface area is 62.7 Å². The molecule has 0 atom stereocenters. The van der Waals surface area contributed by atoms with Crippen molar-refractivity contribution in [3.63, 3.8) is 0 Å². The van der Waals surface area contributed by atoms with Crippen LogP contribution in [0, 0.1) is 0 Å². The molecule has 7 heteroatoms. The van der Waals surface area contributed by atoms with Gasteiger partial charge in [-0.2, -0.15) is 0 Å². The zero-order valence-corrected chi connectivity index (χ0v) is 6.00. The van der Waals surface area contributed by atoms with Gasteiger partial charge in [0.05, 0.1) is 0 Å². The monoisotopic (exact) mass is 131 g/mol. The van der Waals surface area contributed by atoms with Gasteiger partial charge in [-0.15, -0.1) is 0 Å². The molecule has 7 heavy (non-hydrogen) atoms. The first-order valence-electron chi connectivity index (χ1n) is 0. The van der Waals surface area contributed by atoms with E-state index >= 15 is 0 Å². The van der Waals surface area contributed by atoms with Crippen molar-refractivity contribution < 1.29 is 62.4 Å². The fourth-order valence-corrected chi connectivity index (χ4v) is 0. The van der Waals surface area contributed by atoms with Gasteiger partial charge in [0, 0.05) is 0 Å². The fraction of sp³-hybridized carbons (Fsp3) is 0. The molecule has 48 valence electrons. The summed E-state index contributed by atoms with van der Waals surface area (Å²) in [6, 6.07) is 0. The summed E-state index contributed by atoms with van der Waals surface area (Å²) >= 11 is 0. The van der Waals surface area contributed by atoms with Gasteiger partial charge in [0.25, 0.3) is 0 Å². The third-order valence-electron chi connectivity index (χ3n) is 0. The zero-order chi connectivity index (χ0) is 0. The predicted molar refractivity (Wildman–Crippen MR) is 21.7 cm³/mol. The maximum absolute atomic E-state index is 0. The van der Waals surface area contributed by atoms with E-state index in [1.165, 1.54) is 0 Å². The molecule has 0 aromatic rings. The van der Waals surface area contributed by atoms with Gasteiger partial charge in [-0.05, 0) is 0 Å². The van der Waals surface area contributed by atoms with Crippen LogP contribution in [0.1, 0.15) is 0 Å². The third-order valence-corrected chi connectivity index (χ3v) is 0. The van der Waals surface area contributed by atoms with E-state index in [1.54, 1.807) is 0 Å². The van der Waals surface area contributed by atoms with Crippen LogP contribution in [0.2, 0.25) is 0 Å². The predicted octanol–water partition coefficient (Wildman–Crippen LogP) is -7.94. The Hall–Kier alpha value is 0.760. The van der Waals surface area contributed by atoms with E-state index in [1.807, 2.05) is 0 Å². The van der Waals surface area contributed by atoms with Crippen molar-refractivity contribution in [3.05, 3.63) is 0 Å². The summed E-state index contributed by atoms with van der Waals surface area (Å²) in [5.41, 5.74) is 0. The third kappa shape index (κ3) is 265. The van der Waals surface area contributed by atoms with Gasteiger partial charge in [0.1, 0.15) is 0 Å². The van der Waals surface area contributed by atoms with Crippen LogP contribution in [0.15, 0.2) is 0 Å². The molecule has 0 aliphatic heterocycles. The van der Waals surface area contributed by atoms with Crippen molar-refractivity contribution in [1.29, 1.82) is 0 Å². The van der Waals surface area contributed by atoms with Crippen molar-refractivity contribution in [3.8, 4) is 0 Å². The Bertz CT molecular complexity index is 4.14. The first-order valence-corrected chi connectivity index (χ1v) is 0. The van der Waals surface area contributed by atoms with E-state index in [2.05, 4.69) is 0 Å². The molecule has 0 amide bonds. The molecule has 0 bridgehead atoms. The summed E-state index contributed by atoms with van der Waals surface area (Å²) in [6.45, 7) is 0. The zero-order valence-electron chi connectivity index (χ0n) is 4.00. The van der Waals surface area contributed by atoms with E-state index in [9.17, 15) is 0 Å². The summed E-state index contributed by atoms with van der Waals surface area (Å²) in [7, 11) is 0. The van der Waals surface area contributed by atoms with E-state index in [4.69, 9.17) is 0 Å². The quantitative estimate of drug-likeness (QED) is 0.282. The molecule has 0 unspecified atom stereocenters. The average molecular weight is 131 g/mol. The van der Waals surface area contributed by atoms with Crippen molar-refractivity contribution in [1.82, 2.24) is 0 Å². The summed E-state index contributed by atoms with van der Waals surface area (Å²) in [5, 5.41) is 0. The van der Waals surface area contributed by atoms with E-state index in [0.717, 1.165) is 0 Å². The minimum absolute atomic E-state index is 0. The molecule has 0 rings (SSSR count). The van der Waals surface area contributed by atoms with Gasteiger partial charge in [0.15, 0.2) is 0 Å². The SMILES string of the molecule is O.O.O.O.O.O.[Na+]. The van der Waals surface area contributed by atoms with Crippen molar-refractivity contribution in [2.75, 3.05) is 0 Å². The Morgan fingerprint density at radius 2 is 0.286 bits per heavy atom. The molecule has 0 aliphatic carbocycles. The largest absolute Gasteiger partial charge is 1.00 e. The molecule has 0 aromatic carbocycles. The molecular weight excluding hydrogens is 119 g/mol. The smallest absolute Gasteiger partial charge is 0.412 e. The molecule has 0 saturated carbocycles. The van der Waals surface area contributed by atoms with Crippen LogP contribution >= 0.6 is 0 Å². The summed E-state index contributed by atoms with van der Waals surface area (Å²) in [4.78, 5) is 0. The van der Waals surface area contributed by atoms with Gasteiger partial charge in [-0.3, -0.25) is 0 Å².